The first-order valence-electron chi connectivity index (χ1n) is 7.72. The van der Waals surface area contributed by atoms with E-state index in [4.69, 9.17) is 11.6 Å². The highest BCUT2D eigenvalue weighted by atomic mass is 35.5. The Morgan fingerprint density at radius 2 is 1.71 bits per heavy atom. The highest BCUT2D eigenvalue weighted by molar-refractivity contribution is 6.30. The Hall–Kier alpha value is -1.31. The molecule has 0 saturated heterocycles. The molecular weight excluding hydrogens is 278 g/mol. The van der Waals surface area contributed by atoms with Crippen molar-refractivity contribution < 1.29 is 0 Å². The zero-order valence-corrected chi connectivity index (χ0v) is 13.4. The van der Waals surface area contributed by atoms with Crippen molar-refractivity contribution in [2.24, 2.45) is 5.92 Å². The van der Waals surface area contributed by atoms with Crippen molar-refractivity contribution in [3.8, 4) is 0 Å². The Kier molecular flexibility index (Phi) is 4.32. The molecule has 0 amide bonds. The summed E-state index contributed by atoms with van der Waals surface area (Å²) in [4.78, 5) is 0. The first-order valence-corrected chi connectivity index (χ1v) is 8.10. The standard InChI is InChI=1S/C19H22ClN/c1-13-5-3-4-6-18(13)14(2)21-19(15-7-8-15)16-9-11-17(20)12-10-16/h3-6,9-12,14-15,19,21H,7-8H2,1-2H3/t14-,19?/m0/s1. The van der Waals surface area contributed by atoms with E-state index in [9.17, 15) is 0 Å². The molecular formula is C19H22ClN. The molecule has 2 heteroatoms. The summed E-state index contributed by atoms with van der Waals surface area (Å²) in [7, 11) is 0. The maximum Gasteiger partial charge on any atom is 0.0406 e. The van der Waals surface area contributed by atoms with Gasteiger partial charge in [-0.3, -0.25) is 0 Å². The molecule has 0 spiro atoms. The van der Waals surface area contributed by atoms with Gasteiger partial charge in [0.15, 0.2) is 0 Å². The van der Waals surface area contributed by atoms with Crippen molar-refractivity contribution >= 4 is 11.6 Å². The fraction of sp³-hybridized carbons (Fsp3) is 0.368. The molecule has 110 valence electrons. The fourth-order valence-electron chi connectivity index (χ4n) is 3.04. The molecule has 3 rings (SSSR count). The Labute approximate surface area is 132 Å². The summed E-state index contributed by atoms with van der Waals surface area (Å²) in [5, 5.41) is 4.63. The third kappa shape index (κ3) is 3.48. The third-order valence-corrected chi connectivity index (χ3v) is 4.66. The molecule has 0 heterocycles. The molecule has 1 saturated carbocycles. The van der Waals surface area contributed by atoms with Gasteiger partial charge in [0.2, 0.25) is 0 Å². The number of aryl methyl sites for hydroxylation is 1. The molecule has 0 radical (unpaired) electrons. The second-order valence-corrected chi connectivity index (χ2v) is 6.55. The van der Waals surface area contributed by atoms with Crippen LogP contribution in [0.5, 0.6) is 0 Å². The van der Waals surface area contributed by atoms with Gasteiger partial charge in [-0.1, -0.05) is 48.0 Å². The SMILES string of the molecule is Cc1ccccc1[C@H](C)NC(c1ccc(Cl)cc1)C1CC1. The van der Waals surface area contributed by atoms with Crippen molar-refractivity contribution in [3.05, 3.63) is 70.2 Å². The van der Waals surface area contributed by atoms with Gasteiger partial charge in [-0.2, -0.15) is 0 Å². The molecule has 1 aliphatic rings. The van der Waals surface area contributed by atoms with Crippen LogP contribution in [-0.4, -0.2) is 0 Å². The predicted molar refractivity (Wildman–Crippen MR) is 89.6 cm³/mol. The molecule has 1 fully saturated rings. The lowest BCUT2D eigenvalue weighted by atomic mass is 9.97. The van der Waals surface area contributed by atoms with Gasteiger partial charge in [0.1, 0.15) is 0 Å². The van der Waals surface area contributed by atoms with Gasteiger partial charge in [-0.05, 0) is 61.4 Å². The summed E-state index contributed by atoms with van der Waals surface area (Å²) in [5.41, 5.74) is 4.09. The van der Waals surface area contributed by atoms with Crippen LogP contribution in [0.2, 0.25) is 5.02 Å². The van der Waals surface area contributed by atoms with Crippen LogP contribution in [0, 0.1) is 12.8 Å². The second kappa shape index (κ2) is 6.21. The number of nitrogens with one attached hydrogen (secondary N) is 1. The summed E-state index contributed by atoms with van der Waals surface area (Å²) >= 11 is 6.01. The average Bonchev–Trinajstić information content (AvgIpc) is 3.31. The minimum absolute atomic E-state index is 0.354. The van der Waals surface area contributed by atoms with Gasteiger partial charge >= 0.3 is 0 Å². The van der Waals surface area contributed by atoms with E-state index in [-0.39, 0.29) is 0 Å². The number of benzene rings is 2. The molecule has 1 N–H and O–H groups in total. The first kappa shape index (κ1) is 14.6. The molecule has 21 heavy (non-hydrogen) atoms. The van der Waals surface area contributed by atoms with E-state index < -0.39 is 0 Å². The number of rotatable bonds is 5. The largest absolute Gasteiger partial charge is 0.303 e. The van der Waals surface area contributed by atoms with Crippen LogP contribution in [0.1, 0.15) is 48.5 Å². The molecule has 0 bridgehead atoms. The van der Waals surface area contributed by atoms with Crippen LogP contribution in [0.25, 0.3) is 0 Å². The van der Waals surface area contributed by atoms with Crippen LogP contribution in [0.15, 0.2) is 48.5 Å². The zero-order valence-electron chi connectivity index (χ0n) is 12.6. The van der Waals surface area contributed by atoms with Gasteiger partial charge in [-0.25, -0.2) is 0 Å². The van der Waals surface area contributed by atoms with E-state index in [1.807, 2.05) is 12.1 Å². The normalized spacial score (nSPS) is 17.5. The number of hydrogen-bond donors (Lipinski definition) is 1. The van der Waals surface area contributed by atoms with E-state index >= 15 is 0 Å². The van der Waals surface area contributed by atoms with E-state index in [1.54, 1.807) is 0 Å². The van der Waals surface area contributed by atoms with Crippen molar-refractivity contribution in [2.75, 3.05) is 0 Å². The van der Waals surface area contributed by atoms with Gasteiger partial charge < -0.3 is 5.32 Å². The quantitative estimate of drug-likeness (QED) is 0.774. The summed E-state index contributed by atoms with van der Waals surface area (Å²) < 4.78 is 0. The third-order valence-electron chi connectivity index (χ3n) is 4.41. The van der Waals surface area contributed by atoms with E-state index in [0.717, 1.165) is 10.9 Å². The Morgan fingerprint density at radius 3 is 2.33 bits per heavy atom. The molecule has 0 aliphatic heterocycles. The number of halogens is 1. The van der Waals surface area contributed by atoms with Gasteiger partial charge in [-0.15, -0.1) is 0 Å². The fourth-order valence-corrected chi connectivity index (χ4v) is 3.16. The van der Waals surface area contributed by atoms with Gasteiger partial charge in [0.05, 0.1) is 0 Å². The molecule has 1 aliphatic carbocycles. The average molecular weight is 300 g/mol. The van der Waals surface area contributed by atoms with Crippen LogP contribution in [0.3, 0.4) is 0 Å². The Bertz CT molecular complexity index is 601. The predicted octanol–water partition coefficient (Wildman–Crippen LogP) is 5.45. The van der Waals surface area contributed by atoms with Crippen molar-refractivity contribution in [1.29, 1.82) is 0 Å². The monoisotopic (exact) mass is 299 g/mol. The molecule has 0 aromatic heterocycles. The maximum atomic E-state index is 6.01. The molecule has 2 aromatic carbocycles. The molecule has 2 atom stereocenters. The van der Waals surface area contributed by atoms with Gasteiger partial charge in [0.25, 0.3) is 0 Å². The molecule has 2 aromatic rings. The summed E-state index contributed by atoms with van der Waals surface area (Å²) in [6, 6.07) is 17.7. The summed E-state index contributed by atoms with van der Waals surface area (Å²) in [5.74, 6) is 0.762. The molecule has 1 nitrogen and oxygen atoms in total. The Balaban J connectivity index is 1.79. The lowest BCUT2D eigenvalue weighted by molar-refractivity contribution is 0.426. The summed E-state index contributed by atoms with van der Waals surface area (Å²) in [6.07, 6.45) is 2.64. The molecule has 1 unspecified atom stereocenters. The Morgan fingerprint density at radius 1 is 1.05 bits per heavy atom. The van der Waals surface area contributed by atoms with E-state index in [1.165, 1.54) is 29.5 Å². The number of hydrogen-bond acceptors (Lipinski definition) is 1. The van der Waals surface area contributed by atoms with Crippen molar-refractivity contribution in [2.45, 2.75) is 38.8 Å². The van der Waals surface area contributed by atoms with E-state index in [2.05, 4.69) is 55.6 Å². The van der Waals surface area contributed by atoms with E-state index in [0.29, 0.717) is 12.1 Å². The van der Waals surface area contributed by atoms with Crippen LogP contribution < -0.4 is 5.32 Å². The lowest BCUT2D eigenvalue weighted by Gasteiger charge is -2.25. The zero-order chi connectivity index (χ0) is 14.8. The van der Waals surface area contributed by atoms with Crippen LogP contribution in [0.4, 0.5) is 0 Å². The summed E-state index contributed by atoms with van der Waals surface area (Å²) in [6.45, 7) is 4.44. The van der Waals surface area contributed by atoms with Crippen LogP contribution >= 0.6 is 11.6 Å². The topological polar surface area (TPSA) is 12.0 Å². The minimum atomic E-state index is 0.354. The maximum absolute atomic E-state index is 6.01. The van der Waals surface area contributed by atoms with Gasteiger partial charge in [0, 0.05) is 17.1 Å². The van der Waals surface area contributed by atoms with Crippen LogP contribution in [-0.2, 0) is 0 Å². The minimum Gasteiger partial charge on any atom is -0.303 e. The first-order chi connectivity index (χ1) is 10.1. The highest BCUT2D eigenvalue weighted by Gasteiger charge is 2.33. The smallest absolute Gasteiger partial charge is 0.0406 e. The lowest BCUT2D eigenvalue weighted by Crippen LogP contribution is -2.26. The highest BCUT2D eigenvalue weighted by Crippen LogP contribution is 2.42. The second-order valence-electron chi connectivity index (χ2n) is 6.11. The van der Waals surface area contributed by atoms with Crippen molar-refractivity contribution in [1.82, 2.24) is 5.32 Å². The van der Waals surface area contributed by atoms with Crippen molar-refractivity contribution in [3.63, 3.8) is 0 Å².